The Morgan fingerprint density at radius 2 is 1.89 bits per heavy atom. The van der Waals surface area contributed by atoms with Crippen molar-refractivity contribution >= 4 is 12.0 Å². The van der Waals surface area contributed by atoms with Crippen molar-refractivity contribution in [2.75, 3.05) is 13.6 Å². The number of carboxylic acid groups (broad SMARTS) is 1. The zero-order valence-corrected chi connectivity index (χ0v) is 11.7. The van der Waals surface area contributed by atoms with Gasteiger partial charge in [0.15, 0.2) is 0 Å². The van der Waals surface area contributed by atoms with Gasteiger partial charge in [-0.1, -0.05) is 12.8 Å². The molecule has 0 saturated heterocycles. The maximum Gasteiger partial charge on any atom is 0.317 e. The van der Waals surface area contributed by atoms with Gasteiger partial charge in [-0.3, -0.25) is 4.79 Å². The van der Waals surface area contributed by atoms with Crippen molar-refractivity contribution < 1.29 is 14.7 Å². The van der Waals surface area contributed by atoms with E-state index in [-0.39, 0.29) is 12.5 Å². The second-order valence-electron chi connectivity index (χ2n) is 6.17. The summed E-state index contributed by atoms with van der Waals surface area (Å²) >= 11 is 0. The molecule has 0 aliphatic heterocycles. The minimum atomic E-state index is -0.835. The molecule has 108 valence electrons. The molecule has 0 aromatic rings. The van der Waals surface area contributed by atoms with Crippen LogP contribution in [0.2, 0.25) is 0 Å². The molecule has 0 aromatic heterocycles. The molecule has 2 fully saturated rings. The van der Waals surface area contributed by atoms with Crippen LogP contribution in [0.3, 0.4) is 0 Å². The largest absolute Gasteiger partial charge is 0.481 e. The average Bonchev–Trinajstić information content (AvgIpc) is 2.78. The Hall–Kier alpha value is -1.26. The molecule has 2 aliphatic rings. The lowest BCUT2D eigenvalue weighted by Crippen LogP contribution is -2.57. The SMILES string of the molecule is CN(CC1CCCC1)C(=O)NC1(CC(=O)O)CCC1. The number of carbonyl (C=O) groups is 2. The van der Waals surface area contributed by atoms with Gasteiger partial charge in [0.2, 0.25) is 0 Å². The molecule has 0 radical (unpaired) electrons. The van der Waals surface area contributed by atoms with E-state index in [1.807, 2.05) is 0 Å². The Kier molecular flexibility index (Phi) is 4.32. The maximum absolute atomic E-state index is 12.1. The van der Waals surface area contributed by atoms with Crippen molar-refractivity contribution in [2.45, 2.75) is 56.9 Å². The van der Waals surface area contributed by atoms with Crippen molar-refractivity contribution in [3.05, 3.63) is 0 Å². The van der Waals surface area contributed by atoms with Crippen molar-refractivity contribution in [3.63, 3.8) is 0 Å². The molecule has 0 aromatic carbocycles. The summed E-state index contributed by atoms with van der Waals surface area (Å²) in [6.07, 6.45) is 7.54. The molecule has 2 aliphatic carbocycles. The van der Waals surface area contributed by atoms with Crippen LogP contribution in [-0.4, -0.2) is 41.1 Å². The van der Waals surface area contributed by atoms with Crippen molar-refractivity contribution in [2.24, 2.45) is 5.92 Å². The van der Waals surface area contributed by atoms with Gasteiger partial charge in [-0.15, -0.1) is 0 Å². The number of amides is 2. The molecule has 2 saturated carbocycles. The third-order valence-corrected chi connectivity index (χ3v) is 4.53. The van der Waals surface area contributed by atoms with E-state index in [4.69, 9.17) is 5.11 Å². The number of rotatable bonds is 5. The Bertz CT molecular complexity index is 347. The number of carboxylic acids is 1. The van der Waals surface area contributed by atoms with Gasteiger partial charge in [0.1, 0.15) is 0 Å². The smallest absolute Gasteiger partial charge is 0.317 e. The van der Waals surface area contributed by atoms with E-state index in [0.29, 0.717) is 5.92 Å². The van der Waals surface area contributed by atoms with Crippen LogP contribution in [0, 0.1) is 5.92 Å². The Balaban J connectivity index is 1.82. The van der Waals surface area contributed by atoms with Gasteiger partial charge in [0.05, 0.1) is 12.0 Å². The highest BCUT2D eigenvalue weighted by atomic mass is 16.4. The third-order valence-electron chi connectivity index (χ3n) is 4.53. The van der Waals surface area contributed by atoms with E-state index in [9.17, 15) is 9.59 Å². The van der Waals surface area contributed by atoms with Gasteiger partial charge >= 0.3 is 12.0 Å². The summed E-state index contributed by atoms with van der Waals surface area (Å²) < 4.78 is 0. The lowest BCUT2D eigenvalue weighted by molar-refractivity contribution is -0.139. The summed E-state index contributed by atoms with van der Waals surface area (Å²) in [5.41, 5.74) is -0.493. The normalized spacial score (nSPS) is 21.7. The van der Waals surface area contributed by atoms with Gasteiger partial charge < -0.3 is 15.3 Å². The minimum Gasteiger partial charge on any atom is -0.481 e. The molecule has 2 N–H and O–H groups in total. The van der Waals surface area contributed by atoms with Crippen LogP contribution in [0.25, 0.3) is 0 Å². The third kappa shape index (κ3) is 3.61. The van der Waals surface area contributed by atoms with Crippen LogP contribution in [-0.2, 0) is 4.79 Å². The predicted molar refractivity (Wildman–Crippen MR) is 72.0 cm³/mol. The zero-order valence-electron chi connectivity index (χ0n) is 11.7. The quantitative estimate of drug-likeness (QED) is 0.803. The van der Waals surface area contributed by atoms with Crippen molar-refractivity contribution in [1.29, 1.82) is 0 Å². The van der Waals surface area contributed by atoms with E-state index in [2.05, 4.69) is 5.32 Å². The first-order valence-electron chi connectivity index (χ1n) is 7.26. The van der Waals surface area contributed by atoms with E-state index < -0.39 is 11.5 Å². The van der Waals surface area contributed by atoms with Gasteiger partial charge in [-0.05, 0) is 38.0 Å². The molecule has 0 heterocycles. The van der Waals surface area contributed by atoms with Crippen LogP contribution in [0.4, 0.5) is 4.79 Å². The van der Waals surface area contributed by atoms with Crippen LogP contribution < -0.4 is 5.32 Å². The van der Waals surface area contributed by atoms with E-state index in [1.54, 1.807) is 11.9 Å². The maximum atomic E-state index is 12.1. The average molecular weight is 268 g/mol. The number of nitrogens with zero attached hydrogens (tertiary/aromatic N) is 1. The van der Waals surface area contributed by atoms with Crippen LogP contribution >= 0.6 is 0 Å². The highest BCUT2D eigenvalue weighted by Gasteiger charge is 2.41. The van der Waals surface area contributed by atoms with Crippen LogP contribution in [0.5, 0.6) is 0 Å². The van der Waals surface area contributed by atoms with Crippen molar-refractivity contribution in [3.8, 4) is 0 Å². The molecule has 5 nitrogen and oxygen atoms in total. The summed E-state index contributed by atoms with van der Waals surface area (Å²) in [5.74, 6) is -0.217. The molecular formula is C14H24N2O3. The summed E-state index contributed by atoms with van der Waals surface area (Å²) in [6, 6.07) is -0.118. The van der Waals surface area contributed by atoms with Gasteiger partial charge in [-0.25, -0.2) is 4.79 Å². The fraction of sp³-hybridized carbons (Fsp3) is 0.857. The molecule has 19 heavy (non-hydrogen) atoms. The molecule has 0 unspecified atom stereocenters. The summed E-state index contributed by atoms with van der Waals surface area (Å²) in [4.78, 5) is 24.7. The van der Waals surface area contributed by atoms with Gasteiger partial charge in [0, 0.05) is 13.6 Å². The number of nitrogens with one attached hydrogen (secondary N) is 1. The standard InChI is InChI=1S/C14H24N2O3/c1-16(10-11-5-2-3-6-11)13(19)15-14(7-4-8-14)9-12(17)18/h11H,2-10H2,1H3,(H,15,19)(H,17,18). The number of aliphatic carboxylic acids is 1. The Morgan fingerprint density at radius 1 is 1.26 bits per heavy atom. The predicted octanol–water partition coefficient (Wildman–Crippen LogP) is 2.22. The van der Waals surface area contributed by atoms with Gasteiger partial charge in [-0.2, -0.15) is 0 Å². The molecule has 2 amide bonds. The molecule has 0 atom stereocenters. The fourth-order valence-corrected chi connectivity index (χ4v) is 3.22. The summed E-state index contributed by atoms with van der Waals surface area (Å²) in [6.45, 7) is 0.787. The topological polar surface area (TPSA) is 69.6 Å². The highest BCUT2D eigenvalue weighted by Crippen LogP contribution is 2.35. The van der Waals surface area contributed by atoms with Crippen molar-refractivity contribution in [1.82, 2.24) is 10.2 Å². The lowest BCUT2D eigenvalue weighted by atomic mass is 9.74. The lowest BCUT2D eigenvalue weighted by Gasteiger charge is -2.42. The van der Waals surface area contributed by atoms with Crippen LogP contribution in [0.1, 0.15) is 51.4 Å². The number of hydrogen-bond acceptors (Lipinski definition) is 2. The summed E-state index contributed by atoms with van der Waals surface area (Å²) in [7, 11) is 1.81. The number of carbonyl (C=O) groups excluding carboxylic acids is 1. The first-order chi connectivity index (χ1) is 9.01. The second kappa shape index (κ2) is 5.80. The molecule has 0 spiro atoms. The van der Waals surface area contributed by atoms with E-state index >= 15 is 0 Å². The Morgan fingerprint density at radius 3 is 2.37 bits per heavy atom. The fourth-order valence-electron chi connectivity index (χ4n) is 3.22. The molecular weight excluding hydrogens is 244 g/mol. The van der Waals surface area contributed by atoms with Gasteiger partial charge in [0.25, 0.3) is 0 Å². The first-order valence-corrected chi connectivity index (χ1v) is 7.26. The number of hydrogen-bond donors (Lipinski definition) is 2. The number of urea groups is 1. The Labute approximate surface area is 114 Å². The molecule has 0 bridgehead atoms. The van der Waals surface area contributed by atoms with E-state index in [0.717, 1.165) is 25.8 Å². The first kappa shape index (κ1) is 14.2. The summed E-state index contributed by atoms with van der Waals surface area (Å²) in [5, 5.41) is 11.9. The monoisotopic (exact) mass is 268 g/mol. The van der Waals surface area contributed by atoms with E-state index in [1.165, 1.54) is 25.7 Å². The van der Waals surface area contributed by atoms with Crippen LogP contribution in [0.15, 0.2) is 0 Å². The molecule has 2 rings (SSSR count). The second-order valence-corrected chi connectivity index (χ2v) is 6.17. The minimum absolute atomic E-state index is 0.0377. The zero-order chi connectivity index (χ0) is 13.9. The highest BCUT2D eigenvalue weighted by molar-refractivity contribution is 5.77. The molecule has 5 heteroatoms.